The Morgan fingerprint density at radius 1 is 1.42 bits per heavy atom. The van der Waals surface area contributed by atoms with Gasteiger partial charge in [-0.3, -0.25) is 0 Å². The van der Waals surface area contributed by atoms with Crippen molar-refractivity contribution in [3.8, 4) is 5.75 Å². The third kappa shape index (κ3) is 2.56. The molecular formula is C15H14BrClOS. The van der Waals surface area contributed by atoms with E-state index in [0.29, 0.717) is 0 Å². The van der Waals surface area contributed by atoms with E-state index in [1.54, 1.807) is 11.3 Å². The summed E-state index contributed by atoms with van der Waals surface area (Å²) in [6.45, 7) is 4.18. The quantitative estimate of drug-likeness (QED) is 0.647. The van der Waals surface area contributed by atoms with Gasteiger partial charge in [-0.2, -0.15) is 0 Å². The van der Waals surface area contributed by atoms with Crippen LogP contribution in [0.15, 0.2) is 28.1 Å². The summed E-state index contributed by atoms with van der Waals surface area (Å²) in [5.74, 6) is 1.00. The van der Waals surface area contributed by atoms with Gasteiger partial charge in [0.15, 0.2) is 0 Å². The molecule has 0 bridgehead atoms. The van der Waals surface area contributed by atoms with E-state index >= 15 is 0 Å². The average Bonchev–Trinajstić information content (AvgIpc) is 2.90. The van der Waals surface area contributed by atoms with E-state index < -0.39 is 0 Å². The van der Waals surface area contributed by atoms with Gasteiger partial charge in [0, 0.05) is 11.3 Å². The van der Waals surface area contributed by atoms with Crippen LogP contribution in [0.25, 0.3) is 0 Å². The molecule has 1 aliphatic heterocycles. The summed E-state index contributed by atoms with van der Waals surface area (Å²) in [6.07, 6.45) is 1.25. The molecule has 0 aliphatic carbocycles. The third-order valence-electron chi connectivity index (χ3n) is 3.34. The molecule has 100 valence electrons. The molecule has 1 aromatic heterocycles. The number of aryl methyl sites for hydroxylation is 1. The van der Waals surface area contributed by atoms with Crippen LogP contribution in [0.4, 0.5) is 0 Å². The summed E-state index contributed by atoms with van der Waals surface area (Å²) in [4.78, 5) is 1.18. The van der Waals surface area contributed by atoms with Gasteiger partial charge in [0.2, 0.25) is 0 Å². The van der Waals surface area contributed by atoms with Crippen molar-refractivity contribution in [3.05, 3.63) is 49.6 Å². The van der Waals surface area contributed by atoms with Crippen LogP contribution in [-0.4, -0.2) is 6.10 Å². The van der Waals surface area contributed by atoms with E-state index in [-0.39, 0.29) is 11.5 Å². The molecule has 1 aromatic carbocycles. The summed E-state index contributed by atoms with van der Waals surface area (Å²) < 4.78 is 6.88. The maximum absolute atomic E-state index is 6.60. The lowest BCUT2D eigenvalue weighted by Crippen LogP contribution is -2.05. The van der Waals surface area contributed by atoms with Crippen LogP contribution in [0.5, 0.6) is 5.75 Å². The number of ether oxygens (including phenoxy) is 1. The fourth-order valence-electron chi connectivity index (χ4n) is 2.37. The summed E-state index contributed by atoms with van der Waals surface area (Å²) >= 11 is 11.9. The molecule has 0 saturated heterocycles. The first-order chi connectivity index (χ1) is 9.04. The van der Waals surface area contributed by atoms with Crippen LogP contribution in [0.2, 0.25) is 0 Å². The molecule has 0 N–H and O–H groups in total. The van der Waals surface area contributed by atoms with Crippen molar-refractivity contribution in [1.82, 2.24) is 0 Å². The summed E-state index contributed by atoms with van der Waals surface area (Å²) in [6, 6.07) is 8.44. The zero-order valence-electron chi connectivity index (χ0n) is 10.7. The standard InChI is InChI=1S/C15H14BrClOS/c1-8-5-13(19-15(8)16)14(17)10-3-4-12-11(7-10)6-9(2)18-12/h3-5,7,9,14H,6H2,1-2H3. The Morgan fingerprint density at radius 2 is 2.21 bits per heavy atom. The van der Waals surface area contributed by atoms with E-state index in [1.807, 2.05) is 6.07 Å². The van der Waals surface area contributed by atoms with Crippen molar-refractivity contribution in [2.24, 2.45) is 0 Å². The Labute approximate surface area is 130 Å². The van der Waals surface area contributed by atoms with Crippen molar-refractivity contribution in [3.63, 3.8) is 0 Å². The van der Waals surface area contributed by atoms with Gasteiger partial charge in [0.25, 0.3) is 0 Å². The number of halogens is 2. The molecule has 0 saturated carbocycles. The normalized spacial score (nSPS) is 19.1. The number of alkyl halides is 1. The fraction of sp³-hybridized carbons (Fsp3) is 0.333. The van der Waals surface area contributed by atoms with Gasteiger partial charge in [-0.1, -0.05) is 12.1 Å². The van der Waals surface area contributed by atoms with Gasteiger partial charge in [-0.15, -0.1) is 22.9 Å². The Morgan fingerprint density at radius 3 is 2.89 bits per heavy atom. The number of fused-ring (bicyclic) bond motifs is 1. The summed E-state index contributed by atoms with van der Waals surface area (Å²) in [5.41, 5.74) is 3.65. The maximum atomic E-state index is 6.60. The number of hydrogen-bond donors (Lipinski definition) is 0. The highest BCUT2D eigenvalue weighted by atomic mass is 79.9. The van der Waals surface area contributed by atoms with Crippen molar-refractivity contribution < 1.29 is 4.74 Å². The molecule has 2 atom stereocenters. The lowest BCUT2D eigenvalue weighted by atomic mass is 10.0. The Kier molecular flexibility index (Phi) is 3.63. The average molecular weight is 358 g/mol. The van der Waals surface area contributed by atoms with Gasteiger partial charge < -0.3 is 4.74 Å². The largest absolute Gasteiger partial charge is 0.490 e. The topological polar surface area (TPSA) is 9.23 Å². The minimum atomic E-state index is -0.0868. The lowest BCUT2D eigenvalue weighted by molar-refractivity contribution is 0.254. The molecule has 0 fully saturated rings. The molecule has 0 radical (unpaired) electrons. The zero-order chi connectivity index (χ0) is 13.6. The molecule has 1 nitrogen and oxygen atoms in total. The smallest absolute Gasteiger partial charge is 0.123 e. The monoisotopic (exact) mass is 356 g/mol. The van der Waals surface area contributed by atoms with Gasteiger partial charge in [-0.05, 0) is 58.6 Å². The van der Waals surface area contributed by atoms with Crippen LogP contribution in [0.3, 0.4) is 0 Å². The van der Waals surface area contributed by atoms with Crippen LogP contribution in [0.1, 0.15) is 33.9 Å². The second kappa shape index (κ2) is 5.12. The molecule has 1 aliphatic rings. The summed E-state index contributed by atoms with van der Waals surface area (Å²) in [7, 11) is 0. The first-order valence-corrected chi connectivity index (χ1v) is 8.28. The van der Waals surface area contributed by atoms with Crippen molar-refractivity contribution in [2.45, 2.75) is 31.7 Å². The predicted octanol–water partition coefficient (Wildman–Crippen LogP) is 5.47. The Bertz CT molecular complexity index is 603. The minimum absolute atomic E-state index is 0.0868. The van der Waals surface area contributed by atoms with E-state index in [0.717, 1.165) is 21.5 Å². The van der Waals surface area contributed by atoms with Crippen molar-refractivity contribution in [1.29, 1.82) is 0 Å². The highest BCUT2D eigenvalue weighted by Crippen LogP contribution is 2.40. The van der Waals surface area contributed by atoms with Crippen LogP contribution in [-0.2, 0) is 6.42 Å². The van der Waals surface area contributed by atoms with Crippen LogP contribution >= 0.6 is 38.9 Å². The highest BCUT2D eigenvalue weighted by molar-refractivity contribution is 9.11. The fourth-order valence-corrected chi connectivity index (χ4v) is 4.28. The molecule has 3 rings (SSSR count). The highest BCUT2D eigenvalue weighted by Gasteiger charge is 2.22. The number of thiophene rings is 1. The van der Waals surface area contributed by atoms with Crippen LogP contribution < -0.4 is 4.74 Å². The SMILES string of the molecule is Cc1cc(C(Cl)c2ccc3c(c2)CC(C)O3)sc1Br. The van der Waals surface area contributed by atoms with E-state index in [4.69, 9.17) is 16.3 Å². The lowest BCUT2D eigenvalue weighted by Gasteiger charge is -2.09. The van der Waals surface area contributed by atoms with Crippen molar-refractivity contribution >= 4 is 38.9 Å². The second-order valence-corrected chi connectivity index (χ2v) is 7.81. The van der Waals surface area contributed by atoms with Gasteiger partial charge in [-0.25, -0.2) is 0 Å². The third-order valence-corrected chi connectivity index (χ3v) is 6.16. The van der Waals surface area contributed by atoms with E-state index in [9.17, 15) is 0 Å². The Balaban J connectivity index is 1.92. The molecule has 2 heterocycles. The van der Waals surface area contributed by atoms with Crippen molar-refractivity contribution in [2.75, 3.05) is 0 Å². The van der Waals surface area contributed by atoms with Gasteiger partial charge in [0.05, 0.1) is 9.16 Å². The maximum Gasteiger partial charge on any atom is 0.123 e. The summed E-state index contributed by atoms with van der Waals surface area (Å²) in [5, 5.41) is -0.0868. The second-order valence-electron chi connectivity index (χ2n) is 4.97. The molecule has 0 amide bonds. The van der Waals surface area contributed by atoms with Gasteiger partial charge >= 0.3 is 0 Å². The Hall–Kier alpha value is -0.510. The molecule has 0 spiro atoms. The van der Waals surface area contributed by atoms with Gasteiger partial charge in [0.1, 0.15) is 11.9 Å². The molecule has 4 heteroatoms. The predicted molar refractivity (Wildman–Crippen MR) is 84.7 cm³/mol. The molecule has 2 unspecified atom stereocenters. The molecule has 19 heavy (non-hydrogen) atoms. The number of benzene rings is 1. The zero-order valence-corrected chi connectivity index (χ0v) is 13.9. The van der Waals surface area contributed by atoms with E-state index in [2.05, 4.69) is 48.0 Å². The number of hydrogen-bond acceptors (Lipinski definition) is 2. The van der Waals surface area contributed by atoms with Crippen LogP contribution in [0, 0.1) is 6.92 Å². The first kappa shape index (κ1) is 13.5. The van der Waals surface area contributed by atoms with E-state index in [1.165, 1.54) is 16.0 Å². The first-order valence-electron chi connectivity index (χ1n) is 6.24. The number of rotatable bonds is 2. The molecule has 2 aromatic rings. The molecular weight excluding hydrogens is 344 g/mol. The minimum Gasteiger partial charge on any atom is -0.490 e.